The van der Waals surface area contributed by atoms with Gasteiger partial charge in [0.1, 0.15) is 5.52 Å². The van der Waals surface area contributed by atoms with Crippen LogP contribution in [0.25, 0.3) is 21.8 Å². The highest BCUT2D eigenvalue weighted by atomic mass is 19.2. The summed E-state index contributed by atoms with van der Waals surface area (Å²) in [5.41, 5.74) is 0.377. The minimum absolute atomic E-state index is 0.0273. The van der Waals surface area contributed by atoms with Gasteiger partial charge in [-0.15, -0.1) is 0 Å². The fraction of sp³-hybridized carbons (Fsp3) is 0. The van der Waals surface area contributed by atoms with E-state index in [1.54, 1.807) is 18.2 Å². The van der Waals surface area contributed by atoms with Gasteiger partial charge in [-0.2, -0.15) is 8.78 Å². The van der Waals surface area contributed by atoms with Crippen LogP contribution >= 0.6 is 0 Å². The second-order valence-corrected chi connectivity index (χ2v) is 3.57. The molecule has 0 N–H and O–H groups in total. The van der Waals surface area contributed by atoms with Gasteiger partial charge in [0.25, 0.3) is 5.95 Å². The number of halogens is 3. The van der Waals surface area contributed by atoms with Crippen LogP contribution in [0.3, 0.4) is 0 Å². The Morgan fingerprint density at radius 2 is 1.71 bits per heavy atom. The smallest absolute Gasteiger partial charge is 0.252 e. The molecule has 0 amide bonds. The standard InChI is InChI=1S/C12H5F3N2/c13-8-7-4-3-6-2-1-5-16-10(6)11(7)17-12(15)9(8)14/h1-5H. The molecule has 17 heavy (non-hydrogen) atoms. The Bertz CT molecular complexity index is 740. The lowest BCUT2D eigenvalue weighted by atomic mass is 10.1. The van der Waals surface area contributed by atoms with Crippen LogP contribution in [0, 0.1) is 17.6 Å². The van der Waals surface area contributed by atoms with Crippen molar-refractivity contribution in [2.24, 2.45) is 0 Å². The summed E-state index contributed by atoms with van der Waals surface area (Å²) in [5.74, 6) is -4.25. The molecule has 3 aromatic rings. The molecule has 0 spiro atoms. The van der Waals surface area contributed by atoms with Gasteiger partial charge in [0.2, 0.25) is 5.82 Å². The van der Waals surface area contributed by atoms with E-state index in [9.17, 15) is 13.2 Å². The van der Waals surface area contributed by atoms with Gasteiger partial charge in [0.15, 0.2) is 5.82 Å². The Morgan fingerprint density at radius 1 is 0.882 bits per heavy atom. The summed E-state index contributed by atoms with van der Waals surface area (Å²) >= 11 is 0. The Hall–Kier alpha value is -2.17. The predicted molar refractivity (Wildman–Crippen MR) is 56.9 cm³/mol. The number of pyridine rings is 2. The minimum Gasteiger partial charge on any atom is -0.254 e. The van der Waals surface area contributed by atoms with Crippen molar-refractivity contribution in [3.8, 4) is 0 Å². The maximum atomic E-state index is 13.5. The van der Waals surface area contributed by atoms with Crippen LogP contribution in [0.2, 0.25) is 0 Å². The molecule has 2 aromatic heterocycles. The van der Waals surface area contributed by atoms with Crippen molar-refractivity contribution in [1.82, 2.24) is 9.97 Å². The number of hydrogen-bond donors (Lipinski definition) is 0. The fourth-order valence-electron chi connectivity index (χ4n) is 1.78. The highest BCUT2D eigenvalue weighted by Gasteiger charge is 2.16. The summed E-state index contributed by atoms with van der Waals surface area (Å²) in [6, 6.07) is 6.39. The summed E-state index contributed by atoms with van der Waals surface area (Å²) in [6.45, 7) is 0. The Kier molecular flexibility index (Phi) is 2.01. The van der Waals surface area contributed by atoms with Crippen LogP contribution in [-0.2, 0) is 0 Å². The van der Waals surface area contributed by atoms with Gasteiger partial charge in [-0.25, -0.2) is 9.37 Å². The van der Waals surface area contributed by atoms with Crippen molar-refractivity contribution in [3.05, 3.63) is 48.0 Å². The molecule has 1 aromatic carbocycles. The molecule has 0 atom stereocenters. The molecule has 0 bridgehead atoms. The van der Waals surface area contributed by atoms with Gasteiger partial charge in [-0.05, 0) is 12.1 Å². The third kappa shape index (κ3) is 1.35. The van der Waals surface area contributed by atoms with E-state index < -0.39 is 17.6 Å². The van der Waals surface area contributed by atoms with E-state index in [1.165, 1.54) is 12.3 Å². The summed E-state index contributed by atoms with van der Waals surface area (Å²) < 4.78 is 39.6. The minimum atomic E-state index is -1.56. The van der Waals surface area contributed by atoms with E-state index in [-0.39, 0.29) is 10.9 Å². The van der Waals surface area contributed by atoms with Crippen molar-refractivity contribution < 1.29 is 13.2 Å². The molecular formula is C12H5F3N2. The van der Waals surface area contributed by atoms with Crippen molar-refractivity contribution in [1.29, 1.82) is 0 Å². The third-order valence-electron chi connectivity index (χ3n) is 2.57. The molecule has 0 aliphatic rings. The van der Waals surface area contributed by atoms with Gasteiger partial charge < -0.3 is 0 Å². The monoisotopic (exact) mass is 234 g/mol. The van der Waals surface area contributed by atoms with E-state index in [4.69, 9.17) is 0 Å². The van der Waals surface area contributed by atoms with Gasteiger partial charge in [0, 0.05) is 17.0 Å². The zero-order chi connectivity index (χ0) is 12.0. The molecule has 2 heterocycles. The van der Waals surface area contributed by atoms with Crippen LogP contribution in [0.15, 0.2) is 30.5 Å². The Balaban J connectivity index is 2.59. The molecule has 0 aliphatic carbocycles. The quantitative estimate of drug-likeness (QED) is 0.441. The normalized spacial score (nSPS) is 11.2. The number of rotatable bonds is 0. The van der Waals surface area contributed by atoms with E-state index in [0.717, 1.165) is 0 Å². The first kappa shape index (κ1) is 10.0. The van der Waals surface area contributed by atoms with E-state index in [2.05, 4.69) is 9.97 Å². The first-order valence-electron chi connectivity index (χ1n) is 4.86. The van der Waals surface area contributed by atoms with Crippen LogP contribution in [0.4, 0.5) is 13.2 Å². The predicted octanol–water partition coefficient (Wildman–Crippen LogP) is 3.20. The third-order valence-corrected chi connectivity index (χ3v) is 2.57. The first-order chi connectivity index (χ1) is 8.18. The lowest BCUT2D eigenvalue weighted by molar-refractivity contribution is 0.435. The molecule has 0 aliphatic heterocycles. The molecular weight excluding hydrogens is 229 g/mol. The molecule has 0 unspecified atom stereocenters. The number of aromatic nitrogens is 2. The van der Waals surface area contributed by atoms with Crippen molar-refractivity contribution in [2.75, 3.05) is 0 Å². The maximum absolute atomic E-state index is 13.5. The number of nitrogens with zero attached hydrogens (tertiary/aromatic N) is 2. The van der Waals surface area contributed by atoms with E-state index in [1.807, 2.05) is 0 Å². The Labute approximate surface area is 93.7 Å². The largest absolute Gasteiger partial charge is 0.254 e. The topological polar surface area (TPSA) is 25.8 Å². The SMILES string of the molecule is Fc1nc2c(ccc3cccnc32)c(F)c1F. The zero-order valence-electron chi connectivity index (χ0n) is 8.42. The van der Waals surface area contributed by atoms with Crippen molar-refractivity contribution >= 4 is 21.8 Å². The van der Waals surface area contributed by atoms with Gasteiger partial charge in [0.05, 0.1) is 5.52 Å². The Morgan fingerprint density at radius 3 is 2.53 bits per heavy atom. The molecule has 0 saturated heterocycles. The van der Waals surface area contributed by atoms with E-state index in [0.29, 0.717) is 10.9 Å². The summed E-state index contributed by atoms with van der Waals surface area (Å²) in [4.78, 5) is 7.42. The average molecular weight is 234 g/mol. The van der Waals surface area contributed by atoms with Crippen LogP contribution in [0.1, 0.15) is 0 Å². The lowest BCUT2D eigenvalue weighted by Crippen LogP contribution is -1.97. The molecule has 0 radical (unpaired) electrons. The second-order valence-electron chi connectivity index (χ2n) is 3.57. The molecule has 5 heteroatoms. The van der Waals surface area contributed by atoms with Crippen LogP contribution in [-0.4, -0.2) is 9.97 Å². The number of benzene rings is 1. The van der Waals surface area contributed by atoms with Gasteiger partial charge in [-0.1, -0.05) is 12.1 Å². The lowest BCUT2D eigenvalue weighted by Gasteiger charge is -2.04. The van der Waals surface area contributed by atoms with Crippen LogP contribution < -0.4 is 0 Å². The molecule has 3 rings (SSSR count). The summed E-state index contributed by atoms with van der Waals surface area (Å²) in [5, 5.41) is 0.619. The molecule has 0 fully saturated rings. The van der Waals surface area contributed by atoms with Crippen LogP contribution in [0.5, 0.6) is 0 Å². The average Bonchev–Trinajstić information content (AvgIpc) is 2.36. The maximum Gasteiger partial charge on any atom is 0.252 e. The highest BCUT2D eigenvalue weighted by Crippen LogP contribution is 2.25. The molecule has 84 valence electrons. The first-order valence-corrected chi connectivity index (χ1v) is 4.86. The number of hydrogen-bond acceptors (Lipinski definition) is 2. The molecule has 0 saturated carbocycles. The van der Waals surface area contributed by atoms with Crippen molar-refractivity contribution in [2.45, 2.75) is 0 Å². The zero-order valence-corrected chi connectivity index (χ0v) is 8.42. The fourth-order valence-corrected chi connectivity index (χ4v) is 1.78. The highest BCUT2D eigenvalue weighted by molar-refractivity contribution is 6.02. The summed E-state index contributed by atoms with van der Waals surface area (Å²) in [6.07, 6.45) is 1.49. The molecule has 2 nitrogen and oxygen atoms in total. The van der Waals surface area contributed by atoms with Gasteiger partial charge in [-0.3, -0.25) is 4.98 Å². The van der Waals surface area contributed by atoms with Crippen molar-refractivity contribution in [3.63, 3.8) is 0 Å². The van der Waals surface area contributed by atoms with E-state index >= 15 is 0 Å². The number of fused-ring (bicyclic) bond motifs is 3. The van der Waals surface area contributed by atoms with Gasteiger partial charge >= 0.3 is 0 Å². The summed E-state index contributed by atoms with van der Waals surface area (Å²) in [7, 11) is 0. The second kappa shape index (κ2) is 3.41.